The van der Waals surface area contributed by atoms with Gasteiger partial charge in [0.1, 0.15) is 17.7 Å². The summed E-state index contributed by atoms with van der Waals surface area (Å²) in [6.07, 6.45) is 0.689. The van der Waals surface area contributed by atoms with Crippen LogP contribution in [0.1, 0.15) is 20.3 Å². The van der Waals surface area contributed by atoms with Crippen LogP contribution in [0.3, 0.4) is 0 Å². The molecule has 0 rings (SSSR count). The number of nitriles is 2. The van der Waals surface area contributed by atoms with Gasteiger partial charge in [0, 0.05) is 7.11 Å². The van der Waals surface area contributed by atoms with Crippen LogP contribution in [0.5, 0.6) is 0 Å². The zero-order valence-electron chi connectivity index (χ0n) is 7.59. The van der Waals surface area contributed by atoms with Crippen molar-refractivity contribution in [3.63, 3.8) is 0 Å². The van der Waals surface area contributed by atoms with Gasteiger partial charge in [-0.05, 0) is 25.8 Å². The Hall–Kier alpha value is -1.32. The molecule has 0 fully saturated rings. The molecule has 12 heavy (non-hydrogen) atoms. The maximum atomic E-state index is 8.51. The Morgan fingerprint density at radius 2 is 1.92 bits per heavy atom. The van der Waals surface area contributed by atoms with E-state index in [1.165, 1.54) is 0 Å². The monoisotopic (exact) mass is 164 g/mol. The molecule has 0 aliphatic carbocycles. The van der Waals surface area contributed by atoms with E-state index in [1.807, 2.05) is 19.1 Å². The summed E-state index contributed by atoms with van der Waals surface area (Å²) in [5.41, 5.74) is 0.980. The van der Waals surface area contributed by atoms with Crippen molar-refractivity contribution < 1.29 is 4.74 Å². The molecule has 0 saturated carbocycles. The van der Waals surface area contributed by atoms with Gasteiger partial charge < -0.3 is 4.74 Å². The topological polar surface area (TPSA) is 56.8 Å². The molecular weight excluding hydrogens is 152 g/mol. The van der Waals surface area contributed by atoms with E-state index in [0.717, 1.165) is 5.57 Å². The van der Waals surface area contributed by atoms with Crippen molar-refractivity contribution >= 4 is 0 Å². The molecule has 0 aromatic carbocycles. The second-order valence-corrected chi connectivity index (χ2v) is 2.63. The zero-order valence-corrected chi connectivity index (χ0v) is 7.59. The number of nitrogens with zero attached hydrogens (tertiary/aromatic N) is 2. The van der Waals surface area contributed by atoms with Gasteiger partial charge in [0.2, 0.25) is 0 Å². The molecule has 0 N–H and O–H groups in total. The molecule has 0 radical (unpaired) electrons. The fourth-order valence-corrected chi connectivity index (χ4v) is 0.832. The predicted molar refractivity (Wildman–Crippen MR) is 45.0 cm³/mol. The SMILES string of the molecule is COC(C)CC(C)=C(C#N)C#N. The van der Waals surface area contributed by atoms with Crippen LogP contribution in [0.4, 0.5) is 0 Å². The Bertz CT molecular complexity index is 239. The molecule has 64 valence electrons. The molecule has 0 spiro atoms. The van der Waals surface area contributed by atoms with Gasteiger partial charge in [-0.15, -0.1) is 0 Å². The lowest BCUT2D eigenvalue weighted by molar-refractivity contribution is 0.118. The molecule has 0 aliphatic rings. The summed E-state index contributed by atoms with van der Waals surface area (Å²) in [6, 6.07) is 3.69. The van der Waals surface area contributed by atoms with E-state index in [9.17, 15) is 0 Å². The number of hydrogen-bond acceptors (Lipinski definition) is 3. The van der Waals surface area contributed by atoms with Crippen LogP contribution >= 0.6 is 0 Å². The molecule has 0 heterocycles. The van der Waals surface area contributed by atoms with Crippen LogP contribution in [0.15, 0.2) is 11.1 Å². The van der Waals surface area contributed by atoms with Crippen LogP contribution in [-0.2, 0) is 4.74 Å². The normalized spacial score (nSPS) is 11.1. The highest BCUT2D eigenvalue weighted by Gasteiger charge is 2.05. The van der Waals surface area contributed by atoms with Crippen LogP contribution in [0.25, 0.3) is 0 Å². The van der Waals surface area contributed by atoms with E-state index in [2.05, 4.69) is 0 Å². The molecule has 3 heteroatoms. The summed E-state index contributed by atoms with van der Waals surface area (Å²) in [4.78, 5) is 0. The second kappa shape index (κ2) is 5.35. The first-order valence-electron chi connectivity index (χ1n) is 3.68. The maximum absolute atomic E-state index is 8.51. The zero-order chi connectivity index (χ0) is 9.56. The summed E-state index contributed by atoms with van der Waals surface area (Å²) in [5, 5.41) is 17.0. The van der Waals surface area contributed by atoms with Crippen molar-refractivity contribution in [1.29, 1.82) is 10.5 Å². The summed E-state index contributed by atoms with van der Waals surface area (Å²) in [7, 11) is 1.61. The third-order valence-electron chi connectivity index (χ3n) is 1.65. The Kier molecular flexibility index (Phi) is 4.76. The molecule has 1 atom stereocenters. The van der Waals surface area contributed by atoms with Crippen molar-refractivity contribution in [2.45, 2.75) is 26.4 Å². The van der Waals surface area contributed by atoms with Crippen molar-refractivity contribution in [2.24, 2.45) is 0 Å². The van der Waals surface area contributed by atoms with Crippen LogP contribution in [0.2, 0.25) is 0 Å². The van der Waals surface area contributed by atoms with E-state index in [4.69, 9.17) is 15.3 Å². The van der Waals surface area contributed by atoms with Gasteiger partial charge in [0.25, 0.3) is 0 Å². The molecule has 0 saturated heterocycles. The minimum atomic E-state index is 0.0571. The van der Waals surface area contributed by atoms with Gasteiger partial charge >= 0.3 is 0 Å². The van der Waals surface area contributed by atoms with Crippen LogP contribution in [-0.4, -0.2) is 13.2 Å². The van der Waals surface area contributed by atoms with E-state index in [1.54, 1.807) is 14.0 Å². The lowest BCUT2D eigenvalue weighted by Gasteiger charge is -2.08. The lowest BCUT2D eigenvalue weighted by Crippen LogP contribution is -2.05. The van der Waals surface area contributed by atoms with Crippen molar-refractivity contribution in [3.05, 3.63) is 11.1 Å². The number of ether oxygens (including phenoxy) is 1. The smallest absolute Gasteiger partial charge is 0.128 e. The van der Waals surface area contributed by atoms with E-state index >= 15 is 0 Å². The van der Waals surface area contributed by atoms with Gasteiger partial charge in [-0.2, -0.15) is 10.5 Å². The largest absolute Gasteiger partial charge is 0.381 e. The lowest BCUT2D eigenvalue weighted by atomic mass is 10.1. The molecule has 0 aliphatic heterocycles. The molecule has 3 nitrogen and oxygen atoms in total. The Labute approximate surface area is 72.9 Å². The van der Waals surface area contributed by atoms with Gasteiger partial charge in [-0.3, -0.25) is 0 Å². The van der Waals surface area contributed by atoms with E-state index in [-0.39, 0.29) is 11.7 Å². The van der Waals surface area contributed by atoms with Gasteiger partial charge in [-0.25, -0.2) is 0 Å². The highest BCUT2D eigenvalue weighted by Crippen LogP contribution is 2.10. The Balaban J connectivity index is 4.39. The Morgan fingerprint density at radius 3 is 2.25 bits per heavy atom. The van der Waals surface area contributed by atoms with Gasteiger partial charge in [-0.1, -0.05) is 0 Å². The second-order valence-electron chi connectivity index (χ2n) is 2.63. The summed E-state index contributed by atoms with van der Waals surface area (Å²) in [6.45, 7) is 3.67. The number of methoxy groups -OCH3 is 1. The molecule has 0 amide bonds. The molecule has 0 aromatic heterocycles. The fraction of sp³-hybridized carbons (Fsp3) is 0.556. The van der Waals surface area contributed by atoms with Crippen molar-refractivity contribution in [3.8, 4) is 12.1 Å². The van der Waals surface area contributed by atoms with Gasteiger partial charge in [0.15, 0.2) is 0 Å². The van der Waals surface area contributed by atoms with Crippen LogP contribution in [0, 0.1) is 22.7 Å². The Morgan fingerprint density at radius 1 is 1.42 bits per heavy atom. The summed E-state index contributed by atoms with van der Waals surface area (Å²) < 4.78 is 5.01. The number of hydrogen-bond donors (Lipinski definition) is 0. The molecule has 1 unspecified atom stereocenters. The highest BCUT2D eigenvalue weighted by molar-refractivity contribution is 5.39. The molecule has 0 aromatic rings. The van der Waals surface area contributed by atoms with Crippen molar-refractivity contribution in [2.75, 3.05) is 7.11 Å². The number of rotatable bonds is 3. The fourth-order valence-electron chi connectivity index (χ4n) is 0.832. The number of allylic oxidation sites excluding steroid dienone is 1. The molecular formula is C9H12N2O. The van der Waals surface area contributed by atoms with E-state index in [0.29, 0.717) is 6.42 Å². The standard InChI is InChI=1S/C9H12N2O/c1-7(4-8(2)12-3)9(5-10)6-11/h8H,4H2,1-3H3. The minimum Gasteiger partial charge on any atom is -0.381 e. The predicted octanol–water partition coefficient (Wildman–Crippen LogP) is 1.78. The first-order valence-corrected chi connectivity index (χ1v) is 3.68. The third kappa shape index (κ3) is 3.18. The maximum Gasteiger partial charge on any atom is 0.128 e. The first-order chi connectivity index (χ1) is 5.65. The quantitative estimate of drug-likeness (QED) is 0.597. The average Bonchev–Trinajstić information content (AvgIpc) is 2.06. The molecule has 0 bridgehead atoms. The highest BCUT2D eigenvalue weighted by atomic mass is 16.5. The minimum absolute atomic E-state index is 0.0571. The van der Waals surface area contributed by atoms with E-state index < -0.39 is 0 Å². The average molecular weight is 164 g/mol. The first kappa shape index (κ1) is 10.7. The van der Waals surface area contributed by atoms with Crippen LogP contribution < -0.4 is 0 Å². The van der Waals surface area contributed by atoms with Gasteiger partial charge in [0.05, 0.1) is 6.10 Å². The third-order valence-corrected chi connectivity index (χ3v) is 1.65. The summed E-state index contributed by atoms with van der Waals surface area (Å²) in [5.74, 6) is 0. The van der Waals surface area contributed by atoms with Crippen molar-refractivity contribution in [1.82, 2.24) is 0 Å². The summed E-state index contributed by atoms with van der Waals surface area (Å²) >= 11 is 0.